The molecular formula is C13H8Br2FNO3. The molecule has 0 aliphatic carbocycles. The molecule has 0 radical (unpaired) electrons. The van der Waals surface area contributed by atoms with Crippen molar-refractivity contribution in [3.05, 3.63) is 66.8 Å². The molecule has 2 aromatic carbocycles. The summed E-state index contributed by atoms with van der Waals surface area (Å²) in [5.41, 5.74) is 0.532. The van der Waals surface area contributed by atoms with Gasteiger partial charge < -0.3 is 4.74 Å². The summed E-state index contributed by atoms with van der Waals surface area (Å²) < 4.78 is 19.9. The number of benzene rings is 2. The van der Waals surface area contributed by atoms with Gasteiger partial charge in [0, 0.05) is 10.5 Å². The Bertz CT molecular complexity index is 664. The molecule has 104 valence electrons. The van der Waals surface area contributed by atoms with Crippen LogP contribution >= 0.6 is 31.9 Å². The molecule has 0 aliphatic rings. The monoisotopic (exact) mass is 403 g/mol. The summed E-state index contributed by atoms with van der Waals surface area (Å²) in [6, 6.07) is 9.07. The van der Waals surface area contributed by atoms with E-state index in [0.29, 0.717) is 14.5 Å². The lowest BCUT2D eigenvalue weighted by Crippen LogP contribution is -1.99. The molecule has 0 amide bonds. The lowest BCUT2D eigenvalue weighted by atomic mass is 10.2. The number of ether oxygens (including phenoxy) is 1. The number of nitro groups is 1. The van der Waals surface area contributed by atoms with Gasteiger partial charge in [0.2, 0.25) is 0 Å². The highest BCUT2D eigenvalue weighted by molar-refractivity contribution is 9.10. The second kappa shape index (κ2) is 6.32. The van der Waals surface area contributed by atoms with E-state index in [1.807, 2.05) is 0 Å². The van der Waals surface area contributed by atoms with Crippen LogP contribution in [-0.2, 0) is 6.61 Å². The van der Waals surface area contributed by atoms with Crippen LogP contribution in [0.25, 0.3) is 0 Å². The number of nitrogens with zero attached hydrogens (tertiary/aromatic N) is 1. The maximum Gasteiger partial charge on any atom is 0.283 e. The standard InChI is InChI=1S/C13H8Br2FNO3/c14-9-2-4-13(11(16)6-9)20-7-8-1-3-10(15)12(5-8)17(18)19/h1-6H,7H2. The average molecular weight is 405 g/mol. The van der Waals surface area contributed by atoms with Crippen LogP contribution < -0.4 is 4.74 Å². The average Bonchev–Trinajstić information content (AvgIpc) is 2.39. The van der Waals surface area contributed by atoms with E-state index in [4.69, 9.17) is 4.74 Å². The zero-order valence-electron chi connectivity index (χ0n) is 9.98. The molecule has 2 rings (SSSR count). The van der Waals surface area contributed by atoms with E-state index in [1.165, 1.54) is 18.2 Å². The second-order valence-corrected chi connectivity index (χ2v) is 5.68. The summed E-state index contributed by atoms with van der Waals surface area (Å²) in [5, 5.41) is 10.8. The minimum absolute atomic E-state index is 0.0483. The Morgan fingerprint density at radius 2 is 1.95 bits per heavy atom. The maximum atomic E-state index is 13.6. The molecule has 0 aromatic heterocycles. The molecule has 0 saturated heterocycles. The molecule has 0 atom stereocenters. The third-order valence-electron chi connectivity index (χ3n) is 2.50. The van der Waals surface area contributed by atoms with Gasteiger partial charge in [0.25, 0.3) is 5.69 Å². The van der Waals surface area contributed by atoms with E-state index in [-0.39, 0.29) is 18.0 Å². The summed E-state index contributed by atoms with van der Waals surface area (Å²) >= 11 is 6.25. The predicted molar refractivity (Wildman–Crippen MR) is 79.2 cm³/mol. The zero-order valence-corrected chi connectivity index (χ0v) is 13.1. The molecule has 2 aromatic rings. The van der Waals surface area contributed by atoms with E-state index < -0.39 is 10.7 Å². The summed E-state index contributed by atoms with van der Waals surface area (Å²) in [7, 11) is 0. The number of hydrogen-bond acceptors (Lipinski definition) is 3. The van der Waals surface area contributed by atoms with Crippen LogP contribution in [0.1, 0.15) is 5.56 Å². The number of rotatable bonds is 4. The van der Waals surface area contributed by atoms with Gasteiger partial charge in [0.05, 0.1) is 9.40 Å². The first-order valence-electron chi connectivity index (χ1n) is 5.48. The van der Waals surface area contributed by atoms with E-state index in [1.54, 1.807) is 18.2 Å². The molecule has 0 unspecified atom stereocenters. The molecule has 0 fully saturated rings. The van der Waals surface area contributed by atoms with Gasteiger partial charge in [-0.3, -0.25) is 10.1 Å². The number of halogens is 3. The van der Waals surface area contributed by atoms with E-state index >= 15 is 0 Å². The van der Waals surface area contributed by atoms with Crippen molar-refractivity contribution < 1.29 is 14.1 Å². The van der Waals surface area contributed by atoms with Gasteiger partial charge in [-0.2, -0.15) is 0 Å². The van der Waals surface area contributed by atoms with Crippen LogP contribution in [-0.4, -0.2) is 4.92 Å². The second-order valence-electron chi connectivity index (χ2n) is 3.91. The van der Waals surface area contributed by atoms with Gasteiger partial charge in [-0.25, -0.2) is 4.39 Å². The van der Waals surface area contributed by atoms with E-state index in [0.717, 1.165) is 0 Å². The zero-order chi connectivity index (χ0) is 14.7. The topological polar surface area (TPSA) is 52.4 Å². The molecule has 20 heavy (non-hydrogen) atoms. The van der Waals surface area contributed by atoms with Crippen molar-refractivity contribution in [1.29, 1.82) is 0 Å². The Morgan fingerprint density at radius 3 is 2.60 bits per heavy atom. The Balaban J connectivity index is 2.15. The molecule has 0 aliphatic heterocycles. The van der Waals surface area contributed by atoms with Gasteiger partial charge in [-0.15, -0.1) is 0 Å². The summed E-state index contributed by atoms with van der Waals surface area (Å²) in [6.07, 6.45) is 0. The molecular weight excluding hydrogens is 397 g/mol. The summed E-state index contributed by atoms with van der Waals surface area (Å²) in [6.45, 7) is 0.0483. The van der Waals surface area contributed by atoms with Crippen LogP contribution in [0.3, 0.4) is 0 Å². The molecule has 0 N–H and O–H groups in total. The van der Waals surface area contributed by atoms with E-state index in [2.05, 4.69) is 31.9 Å². The Morgan fingerprint density at radius 1 is 1.20 bits per heavy atom. The highest BCUT2D eigenvalue weighted by atomic mass is 79.9. The van der Waals surface area contributed by atoms with Crippen molar-refractivity contribution in [3.8, 4) is 5.75 Å². The highest BCUT2D eigenvalue weighted by Crippen LogP contribution is 2.27. The number of nitro benzene ring substituents is 1. The van der Waals surface area contributed by atoms with Gasteiger partial charge in [-0.1, -0.05) is 22.0 Å². The first-order valence-corrected chi connectivity index (χ1v) is 7.06. The largest absolute Gasteiger partial charge is 0.486 e. The molecule has 0 bridgehead atoms. The van der Waals surface area contributed by atoms with Crippen molar-refractivity contribution in [2.45, 2.75) is 6.61 Å². The van der Waals surface area contributed by atoms with Gasteiger partial charge in [0.1, 0.15) is 6.61 Å². The minimum atomic E-state index is -0.494. The van der Waals surface area contributed by atoms with Crippen molar-refractivity contribution >= 4 is 37.5 Å². The quantitative estimate of drug-likeness (QED) is 0.541. The van der Waals surface area contributed by atoms with Crippen molar-refractivity contribution in [2.75, 3.05) is 0 Å². The smallest absolute Gasteiger partial charge is 0.283 e. The van der Waals surface area contributed by atoms with Crippen molar-refractivity contribution in [3.63, 3.8) is 0 Å². The predicted octanol–water partition coefficient (Wildman–Crippen LogP) is 4.84. The molecule has 0 heterocycles. The molecule has 0 spiro atoms. The van der Waals surface area contributed by atoms with Crippen LogP contribution in [0.4, 0.5) is 10.1 Å². The molecule has 4 nitrogen and oxygen atoms in total. The fraction of sp³-hybridized carbons (Fsp3) is 0.0769. The normalized spacial score (nSPS) is 10.3. The third-order valence-corrected chi connectivity index (χ3v) is 3.66. The van der Waals surface area contributed by atoms with Gasteiger partial charge in [-0.05, 0) is 45.8 Å². The van der Waals surface area contributed by atoms with Crippen LogP contribution in [0.2, 0.25) is 0 Å². The number of hydrogen-bond donors (Lipinski definition) is 0. The Labute approximate surface area is 131 Å². The SMILES string of the molecule is O=[N+]([O-])c1cc(COc2ccc(Br)cc2F)ccc1Br. The van der Waals surface area contributed by atoms with Gasteiger partial charge >= 0.3 is 0 Å². The van der Waals surface area contributed by atoms with Crippen molar-refractivity contribution in [1.82, 2.24) is 0 Å². The Kier molecular flexibility index (Phi) is 4.72. The summed E-state index contributed by atoms with van der Waals surface area (Å²) in [4.78, 5) is 10.3. The van der Waals surface area contributed by atoms with Crippen LogP contribution in [0.5, 0.6) is 5.75 Å². The van der Waals surface area contributed by atoms with Crippen molar-refractivity contribution in [2.24, 2.45) is 0 Å². The lowest BCUT2D eigenvalue weighted by Gasteiger charge is -2.08. The first-order chi connectivity index (χ1) is 9.47. The fourth-order valence-corrected chi connectivity index (χ4v) is 2.27. The third kappa shape index (κ3) is 3.55. The Hall–Kier alpha value is -1.47. The fourth-order valence-electron chi connectivity index (χ4n) is 1.54. The molecule has 7 heteroatoms. The maximum absolute atomic E-state index is 13.6. The van der Waals surface area contributed by atoms with Crippen LogP contribution in [0, 0.1) is 15.9 Å². The van der Waals surface area contributed by atoms with Crippen LogP contribution in [0.15, 0.2) is 45.3 Å². The minimum Gasteiger partial charge on any atom is -0.486 e. The van der Waals surface area contributed by atoms with E-state index in [9.17, 15) is 14.5 Å². The first kappa shape index (κ1) is 14.9. The summed E-state index contributed by atoms with van der Waals surface area (Å²) in [5.74, 6) is -0.398. The lowest BCUT2D eigenvalue weighted by molar-refractivity contribution is -0.385. The van der Waals surface area contributed by atoms with Gasteiger partial charge in [0.15, 0.2) is 11.6 Å². The molecule has 0 saturated carbocycles. The highest BCUT2D eigenvalue weighted by Gasteiger charge is 2.13.